The predicted octanol–water partition coefficient (Wildman–Crippen LogP) is 3.30. The van der Waals surface area contributed by atoms with Crippen molar-refractivity contribution in [2.75, 3.05) is 0 Å². The topological polar surface area (TPSA) is 42.2 Å². The summed E-state index contributed by atoms with van der Waals surface area (Å²) >= 11 is 0. The molecule has 2 rings (SSSR count). The van der Waals surface area contributed by atoms with Gasteiger partial charge in [-0.25, -0.2) is 0 Å². The zero-order chi connectivity index (χ0) is 13.0. The van der Waals surface area contributed by atoms with Crippen LogP contribution in [0.2, 0.25) is 0 Å². The lowest BCUT2D eigenvalue weighted by Gasteiger charge is -2.29. The van der Waals surface area contributed by atoms with Crippen molar-refractivity contribution in [2.24, 2.45) is 5.92 Å². The van der Waals surface area contributed by atoms with Gasteiger partial charge in [-0.05, 0) is 43.9 Å². The molecular formula is C15H21NO2. The minimum Gasteiger partial charge on any atom is -0.462 e. The van der Waals surface area contributed by atoms with Crippen LogP contribution in [0.1, 0.15) is 44.1 Å². The number of aryl methyl sites for hydroxylation is 1. The normalized spacial score (nSPS) is 24.3. The fourth-order valence-electron chi connectivity index (χ4n) is 2.46. The van der Waals surface area contributed by atoms with E-state index in [0.717, 1.165) is 17.9 Å². The molecule has 1 aliphatic rings. The van der Waals surface area contributed by atoms with E-state index in [-0.39, 0.29) is 5.91 Å². The van der Waals surface area contributed by atoms with E-state index >= 15 is 0 Å². The van der Waals surface area contributed by atoms with Crippen LogP contribution < -0.4 is 5.32 Å². The van der Waals surface area contributed by atoms with E-state index in [4.69, 9.17) is 4.42 Å². The fraction of sp³-hybridized carbons (Fsp3) is 0.533. The molecule has 1 amide bonds. The third-order valence-electron chi connectivity index (χ3n) is 3.60. The zero-order valence-corrected chi connectivity index (χ0v) is 11.1. The Morgan fingerprint density at radius 3 is 2.83 bits per heavy atom. The van der Waals surface area contributed by atoms with Crippen LogP contribution in [0.4, 0.5) is 0 Å². The van der Waals surface area contributed by atoms with Crippen molar-refractivity contribution >= 4 is 12.0 Å². The standard InChI is InChI=1S/C15H21NO2/c1-11-5-3-4-6-14(11)16-15(17)10-9-13-8-7-12(2)18-13/h7-11,14H,3-6H2,1-2H3,(H,16,17)/b10-9+. The largest absolute Gasteiger partial charge is 0.462 e. The molecule has 1 saturated carbocycles. The van der Waals surface area contributed by atoms with E-state index in [1.54, 1.807) is 12.2 Å². The lowest BCUT2D eigenvalue weighted by Crippen LogP contribution is -2.40. The summed E-state index contributed by atoms with van der Waals surface area (Å²) in [5.41, 5.74) is 0. The molecular weight excluding hydrogens is 226 g/mol. The smallest absolute Gasteiger partial charge is 0.244 e. The summed E-state index contributed by atoms with van der Waals surface area (Å²) in [5, 5.41) is 3.08. The first-order chi connectivity index (χ1) is 8.65. The molecule has 0 saturated heterocycles. The number of nitrogens with one attached hydrogen (secondary N) is 1. The van der Waals surface area contributed by atoms with Gasteiger partial charge in [0.05, 0.1) is 0 Å². The van der Waals surface area contributed by atoms with Gasteiger partial charge in [-0.2, -0.15) is 0 Å². The van der Waals surface area contributed by atoms with Gasteiger partial charge in [-0.3, -0.25) is 4.79 Å². The lowest BCUT2D eigenvalue weighted by atomic mass is 9.86. The van der Waals surface area contributed by atoms with Crippen molar-refractivity contribution in [3.8, 4) is 0 Å². The summed E-state index contributed by atoms with van der Waals surface area (Å²) in [7, 11) is 0. The van der Waals surface area contributed by atoms with Gasteiger partial charge >= 0.3 is 0 Å². The van der Waals surface area contributed by atoms with Crippen molar-refractivity contribution in [1.82, 2.24) is 5.32 Å². The van der Waals surface area contributed by atoms with E-state index in [1.165, 1.54) is 19.3 Å². The maximum absolute atomic E-state index is 11.8. The molecule has 1 aliphatic carbocycles. The molecule has 2 atom stereocenters. The van der Waals surface area contributed by atoms with E-state index < -0.39 is 0 Å². The van der Waals surface area contributed by atoms with Crippen molar-refractivity contribution in [2.45, 2.75) is 45.6 Å². The Kier molecular flexibility index (Phi) is 4.24. The molecule has 3 heteroatoms. The van der Waals surface area contributed by atoms with Crippen LogP contribution >= 0.6 is 0 Å². The first-order valence-electron chi connectivity index (χ1n) is 6.70. The Labute approximate surface area is 108 Å². The third kappa shape index (κ3) is 3.49. The molecule has 0 aliphatic heterocycles. The number of hydrogen-bond acceptors (Lipinski definition) is 2. The second-order valence-corrected chi connectivity index (χ2v) is 5.16. The average Bonchev–Trinajstić information content (AvgIpc) is 2.76. The number of amides is 1. The van der Waals surface area contributed by atoms with Crippen LogP contribution in [-0.2, 0) is 4.79 Å². The minimum absolute atomic E-state index is 0.0252. The van der Waals surface area contributed by atoms with Crippen molar-refractivity contribution in [1.29, 1.82) is 0 Å². The highest BCUT2D eigenvalue weighted by Crippen LogP contribution is 2.23. The summed E-state index contributed by atoms with van der Waals surface area (Å²) in [6.07, 6.45) is 8.09. The second-order valence-electron chi connectivity index (χ2n) is 5.16. The van der Waals surface area contributed by atoms with E-state index in [9.17, 15) is 4.79 Å². The average molecular weight is 247 g/mol. The summed E-state index contributed by atoms with van der Waals surface area (Å²) in [4.78, 5) is 11.8. The number of hydrogen-bond donors (Lipinski definition) is 1. The maximum Gasteiger partial charge on any atom is 0.244 e. The Hall–Kier alpha value is -1.51. The van der Waals surface area contributed by atoms with Gasteiger partial charge in [0.25, 0.3) is 0 Å². The summed E-state index contributed by atoms with van der Waals surface area (Å²) in [5.74, 6) is 2.14. The second kappa shape index (κ2) is 5.89. The van der Waals surface area contributed by atoms with Gasteiger partial charge in [-0.1, -0.05) is 19.8 Å². The Morgan fingerprint density at radius 1 is 1.39 bits per heavy atom. The first kappa shape index (κ1) is 12.9. The van der Waals surface area contributed by atoms with E-state index in [2.05, 4.69) is 12.2 Å². The van der Waals surface area contributed by atoms with E-state index in [1.807, 2.05) is 19.1 Å². The SMILES string of the molecule is Cc1ccc(/C=C/C(=O)NC2CCCCC2C)o1. The molecule has 2 unspecified atom stereocenters. The van der Waals surface area contributed by atoms with Crippen LogP contribution in [0.25, 0.3) is 6.08 Å². The van der Waals surface area contributed by atoms with Gasteiger partial charge in [0.1, 0.15) is 11.5 Å². The monoisotopic (exact) mass is 247 g/mol. The summed E-state index contributed by atoms with van der Waals surface area (Å²) < 4.78 is 5.38. The minimum atomic E-state index is -0.0252. The molecule has 1 N–H and O–H groups in total. The Bertz CT molecular complexity index is 433. The highest BCUT2D eigenvalue weighted by atomic mass is 16.3. The number of carbonyl (C=O) groups is 1. The Morgan fingerprint density at radius 2 is 2.17 bits per heavy atom. The van der Waals surface area contributed by atoms with Crippen LogP contribution in [0.15, 0.2) is 22.6 Å². The molecule has 0 spiro atoms. The van der Waals surface area contributed by atoms with Gasteiger partial charge in [-0.15, -0.1) is 0 Å². The molecule has 1 heterocycles. The summed E-state index contributed by atoms with van der Waals surface area (Å²) in [6.45, 7) is 4.10. The van der Waals surface area contributed by atoms with Gasteiger partial charge in [0.2, 0.25) is 5.91 Å². The molecule has 1 aromatic heterocycles. The van der Waals surface area contributed by atoms with E-state index in [0.29, 0.717) is 12.0 Å². The van der Waals surface area contributed by atoms with Gasteiger partial charge in [0.15, 0.2) is 0 Å². The van der Waals surface area contributed by atoms with Crippen molar-refractivity contribution in [3.63, 3.8) is 0 Å². The van der Waals surface area contributed by atoms with Crippen LogP contribution in [-0.4, -0.2) is 11.9 Å². The molecule has 98 valence electrons. The molecule has 18 heavy (non-hydrogen) atoms. The summed E-state index contributed by atoms with van der Waals surface area (Å²) in [6, 6.07) is 4.08. The molecule has 1 fully saturated rings. The van der Waals surface area contributed by atoms with Crippen molar-refractivity contribution in [3.05, 3.63) is 29.7 Å². The van der Waals surface area contributed by atoms with Crippen LogP contribution in [0.3, 0.4) is 0 Å². The molecule has 0 radical (unpaired) electrons. The third-order valence-corrected chi connectivity index (χ3v) is 3.60. The van der Waals surface area contributed by atoms with Gasteiger partial charge in [0, 0.05) is 12.1 Å². The van der Waals surface area contributed by atoms with Crippen LogP contribution in [0, 0.1) is 12.8 Å². The predicted molar refractivity (Wildman–Crippen MR) is 72.0 cm³/mol. The molecule has 1 aromatic rings. The van der Waals surface area contributed by atoms with Crippen LogP contribution in [0.5, 0.6) is 0 Å². The number of rotatable bonds is 3. The highest BCUT2D eigenvalue weighted by molar-refractivity contribution is 5.91. The fourth-order valence-corrected chi connectivity index (χ4v) is 2.46. The maximum atomic E-state index is 11.8. The number of furan rings is 1. The van der Waals surface area contributed by atoms with Crippen molar-refractivity contribution < 1.29 is 9.21 Å². The quantitative estimate of drug-likeness (QED) is 0.833. The number of carbonyl (C=O) groups excluding carboxylic acids is 1. The molecule has 0 aromatic carbocycles. The lowest BCUT2D eigenvalue weighted by molar-refractivity contribution is -0.117. The molecule has 3 nitrogen and oxygen atoms in total. The molecule has 0 bridgehead atoms. The highest BCUT2D eigenvalue weighted by Gasteiger charge is 2.21. The van der Waals surface area contributed by atoms with Gasteiger partial charge < -0.3 is 9.73 Å². The zero-order valence-electron chi connectivity index (χ0n) is 11.1. The Balaban J connectivity index is 1.86. The first-order valence-corrected chi connectivity index (χ1v) is 6.70.